The second-order valence-corrected chi connectivity index (χ2v) is 4.89. The van der Waals surface area contributed by atoms with E-state index in [1.807, 2.05) is 18.2 Å². The SMILES string of the molecule is C=C(CCc1ccc(Cc2ccccc2)cc1)C(=O)O. The Morgan fingerprint density at radius 2 is 1.45 bits per heavy atom. The first-order valence-electron chi connectivity index (χ1n) is 6.68. The molecule has 0 bridgehead atoms. The van der Waals surface area contributed by atoms with E-state index in [9.17, 15) is 4.79 Å². The summed E-state index contributed by atoms with van der Waals surface area (Å²) in [5.41, 5.74) is 3.96. The van der Waals surface area contributed by atoms with Crippen LogP contribution >= 0.6 is 0 Å². The summed E-state index contributed by atoms with van der Waals surface area (Å²) in [5.74, 6) is -0.911. The van der Waals surface area contributed by atoms with Gasteiger partial charge in [0.1, 0.15) is 0 Å². The molecule has 0 radical (unpaired) electrons. The second kappa shape index (κ2) is 6.71. The Bertz CT molecular complexity index is 583. The Kier molecular flexibility index (Phi) is 4.72. The molecule has 2 heteroatoms. The van der Waals surface area contributed by atoms with Crippen LogP contribution in [0.15, 0.2) is 66.7 Å². The average Bonchev–Trinajstić information content (AvgIpc) is 2.47. The third-order valence-electron chi connectivity index (χ3n) is 3.29. The molecule has 2 aromatic carbocycles. The Hall–Kier alpha value is -2.35. The molecule has 2 rings (SSSR count). The highest BCUT2D eigenvalue weighted by atomic mass is 16.4. The van der Waals surface area contributed by atoms with Crippen LogP contribution in [-0.4, -0.2) is 11.1 Å². The highest BCUT2D eigenvalue weighted by molar-refractivity contribution is 5.85. The second-order valence-electron chi connectivity index (χ2n) is 4.89. The first-order chi connectivity index (χ1) is 9.65. The maximum atomic E-state index is 10.7. The van der Waals surface area contributed by atoms with Gasteiger partial charge in [-0.2, -0.15) is 0 Å². The monoisotopic (exact) mass is 266 g/mol. The molecule has 0 atom stereocenters. The van der Waals surface area contributed by atoms with E-state index in [1.54, 1.807) is 0 Å². The maximum absolute atomic E-state index is 10.7. The normalized spacial score (nSPS) is 10.2. The number of benzene rings is 2. The lowest BCUT2D eigenvalue weighted by atomic mass is 10.0. The van der Waals surface area contributed by atoms with Gasteiger partial charge in [0.05, 0.1) is 0 Å². The van der Waals surface area contributed by atoms with E-state index in [0.29, 0.717) is 6.42 Å². The fourth-order valence-electron chi connectivity index (χ4n) is 2.06. The van der Waals surface area contributed by atoms with Crippen LogP contribution in [-0.2, 0) is 17.6 Å². The highest BCUT2D eigenvalue weighted by Gasteiger charge is 2.04. The zero-order valence-corrected chi connectivity index (χ0v) is 11.4. The average molecular weight is 266 g/mol. The molecule has 0 spiro atoms. The molecule has 0 amide bonds. The van der Waals surface area contributed by atoms with Crippen molar-refractivity contribution in [2.45, 2.75) is 19.3 Å². The van der Waals surface area contributed by atoms with Gasteiger partial charge in [-0.3, -0.25) is 0 Å². The van der Waals surface area contributed by atoms with Gasteiger partial charge in [0, 0.05) is 5.57 Å². The van der Waals surface area contributed by atoms with E-state index >= 15 is 0 Å². The summed E-state index contributed by atoms with van der Waals surface area (Å²) < 4.78 is 0. The highest BCUT2D eigenvalue weighted by Crippen LogP contribution is 2.13. The van der Waals surface area contributed by atoms with E-state index in [-0.39, 0.29) is 5.57 Å². The Labute approximate surface area is 119 Å². The third kappa shape index (κ3) is 4.09. The van der Waals surface area contributed by atoms with Crippen LogP contribution in [0, 0.1) is 0 Å². The van der Waals surface area contributed by atoms with Crippen molar-refractivity contribution in [3.63, 3.8) is 0 Å². The molecule has 0 heterocycles. The molecule has 0 fully saturated rings. The summed E-state index contributed by atoms with van der Waals surface area (Å²) >= 11 is 0. The van der Waals surface area contributed by atoms with E-state index in [2.05, 4.69) is 43.0 Å². The predicted octanol–water partition coefficient (Wildman–Crippen LogP) is 3.85. The lowest BCUT2D eigenvalue weighted by molar-refractivity contribution is -0.132. The zero-order valence-electron chi connectivity index (χ0n) is 11.4. The van der Waals surface area contributed by atoms with Crippen LogP contribution in [0.2, 0.25) is 0 Å². The molecule has 1 N–H and O–H groups in total. The van der Waals surface area contributed by atoms with Crippen molar-refractivity contribution < 1.29 is 9.90 Å². The van der Waals surface area contributed by atoms with Crippen LogP contribution < -0.4 is 0 Å². The minimum Gasteiger partial charge on any atom is -0.478 e. The Morgan fingerprint density at radius 3 is 2.05 bits per heavy atom. The number of carbonyl (C=O) groups is 1. The predicted molar refractivity (Wildman–Crippen MR) is 80.8 cm³/mol. The maximum Gasteiger partial charge on any atom is 0.330 e. The summed E-state index contributed by atoms with van der Waals surface area (Å²) in [7, 11) is 0. The topological polar surface area (TPSA) is 37.3 Å². The molecule has 102 valence electrons. The minimum atomic E-state index is -0.911. The first kappa shape index (κ1) is 14.1. The molecule has 0 unspecified atom stereocenters. The number of hydrogen-bond acceptors (Lipinski definition) is 1. The van der Waals surface area contributed by atoms with Crippen LogP contribution in [0.25, 0.3) is 0 Å². The van der Waals surface area contributed by atoms with Crippen molar-refractivity contribution in [2.24, 2.45) is 0 Å². The van der Waals surface area contributed by atoms with Gasteiger partial charge in [-0.05, 0) is 36.0 Å². The van der Waals surface area contributed by atoms with Crippen molar-refractivity contribution in [3.05, 3.63) is 83.4 Å². The lowest BCUT2D eigenvalue weighted by Gasteiger charge is -2.05. The van der Waals surface area contributed by atoms with Crippen LogP contribution in [0.5, 0.6) is 0 Å². The summed E-state index contributed by atoms with van der Waals surface area (Å²) in [6.45, 7) is 3.54. The smallest absolute Gasteiger partial charge is 0.330 e. The van der Waals surface area contributed by atoms with E-state index in [1.165, 1.54) is 11.1 Å². The number of aliphatic carboxylic acids is 1. The van der Waals surface area contributed by atoms with Crippen LogP contribution in [0.3, 0.4) is 0 Å². The molecular formula is C18H18O2. The van der Waals surface area contributed by atoms with E-state index < -0.39 is 5.97 Å². The molecule has 0 saturated heterocycles. The summed E-state index contributed by atoms with van der Waals surface area (Å²) in [4.78, 5) is 10.7. The summed E-state index contributed by atoms with van der Waals surface area (Å²) in [6, 6.07) is 18.7. The van der Waals surface area contributed by atoms with Crippen molar-refractivity contribution in [1.82, 2.24) is 0 Å². The summed E-state index contributed by atoms with van der Waals surface area (Å²) in [6.07, 6.45) is 2.13. The fraction of sp³-hybridized carbons (Fsp3) is 0.167. The minimum absolute atomic E-state index is 0.262. The van der Waals surface area contributed by atoms with E-state index in [0.717, 1.165) is 18.4 Å². The van der Waals surface area contributed by atoms with Gasteiger partial charge < -0.3 is 5.11 Å². The van der Waals surface area contributed by atoms with Gasteiger partial charge in [-0.15, -0.1) is 0 Å². The largest absolute Gasteiger partial charge is 0.478 e. The van der Waals surface area contributed by atoms with Crippen molar-refractivity contribution in [1.29, 1.82) is 0 Å². The van der Waals surface area contributed by atoms with Crippen LogP contribution in [0.1, 0.15) is 23.1 Å². The Morgan fingerprint density at radius 1 is 0.900 bits per heavy atom. The zero-order chi connectivity index (χ0) is 14.4. The first-order valence-corrected chi connectivity index (χ1v) is 6.68. The molecular weight excluding hydrogens is 248 g/mol. The fourth-order valence-corrected chi connectivity index (χ4v) is 2.06. The number of hydrogen-bond donors (Lipinski definition) is 1. The van der Waals surface area contributed by atoms with Crippen molar-refractivity contribution in [3.8, 4) is 0 Å². The van der Waals surface area contributed by atoms with Crippen LogP contribution in [0.4, 0.5) is 0 Å². The Balaban J connectivity index is 1.93. The standard InChI is InChI=1S/C18H18O2/c1-14(18(19)20)7-8-15-9-11-17(12-10-15)13-16-5-3-2-4-6-16/h2-6,9-12H,1,7-8,13H2,(H,19,20). The van der Waals surface area contributed by atoms with Crippen molar-refractivity contribution in [2.75, 3.05) is 0 Å². The van der Waals surface area contributed by atoms with E-state index in [4.69, 9.17) is 5.11 Å². The van der Waals surface area contributed by atoms with Gasteiger partial charge >= 0.3 is 5.97 Å². The molecule has 0 aliphatic heterocycles. The van der Waals surface area contributed by atoms with Gasteiger partial charge in [0.25, 0.3) is 0 Å². The van der Waals surface area contributed by atoms with Crippen molar-refractivity contribution >= 4 is 5.97 Å². The molecule has 2 nitrogen and oxygen atoms in total. The molecule has 0 aromatic heterocycles. The molecule has 0 aliphatic rings. The lowest BCUT2D eigenvalue weighted by Crippen LogP contribution is -2.00. The van der Waals surface area contributed by atoms with Gasteiger partial charge in [0.2, 0.25) is 0 Å². The van der Waals surface area contributed by atoms with Gasteiger partial charge in [0.15, 0.2) is 0 Å². The number of rotatable bonds is 6. The number of aryl methyl sites for hydroxylation is 1. The molecule has 2 aromatic rings. The quantitative estimate of drug-likeness (QED) is 0.806. The molecule has 0 aliphatic carbocycles. The molecule has 0 saturated carbocycles. The summed E-state index contributed by atoms with van der Waals surface area (Å²) in [5, 5.41) is 8.77. The van der Waals surface area contributed by atoms with Gasteiger partial charge in [-0.25, -0.2) is 4.79 Å². The number of carboxylic acid groups (broad SMARTS) is 1. The number of carboxylic acids is 1. The third-order valence-corrected chi connectivity index (χ3v) is 3.29. The molecule has 20 heavy (non-hydrogen) atoms. The van der Waals surface area contributed by atoms with Gasteiger partial charge in [-0.1, -0.05) is 61.2 Å².